The van der Waals surface area contributed by atoms with Crippen LogP contribution in [0.1, 0.15) is 5.56 Å². The Morgan fingerprint density at radius 1 is 1.44 bits per heavy atom. The van der Waals surface area contributed by atoms with Crippen LogP contribution in [0, 0.1) is 11.3 Å². The van der Waals surface area contributed by atoms with Gasteiger partial charge >= 0.3 is 0 Å². The number of halogens is 1. The Hall–Kier alpha value is -1.88. The summed E-state index contributed by atoms with van der Waals surface area (Å²) in [4.78, 5) is 0. The van der Waals surface area contributed by atoms with Gasteiger partial charge in [-0.05, 0) is 18.2 Å². The lowest BCUT2D eigenvalue weighted by atomic mass is 10.3. The van der Waals surface area contributed by atoms with Gasteiger partial charge < -0.3 is 0 Å². The fourth-order valence-electron chi connectivity index (χ4n) is 1.48. The maximum absolute atomic E-state index is 11.5. The van der Waals surface area contributed by atoms with Crippen LogP contribution in [-0.2, 0) is 10.0 Å². The highest BCUT2D eigenvalue weighted by Crippen LogP contribution is 2.20. The van der Waals surface area contributed by atoms with E-state index in [0.29, 0.717) is 10.7 Å². The second kappa shape index (κ2) is 4.42. The lowest BCUT2D eigenvalue weighted by Gasteiger charge is -2.06. The molecule has 2 N–H and O–H groups in total. The molecular formula is C10H7ClN4O2S. The second-order valence-electron chi connectivity index (χ2n) is 3.41. The fraction of sp³-hybridized carbons (Fsp3) is 0. The molecule has 2 rings (SSSR count). The molecule has 1 aromatic heterocycles. The Morgan fingerprint density at radius 2 is 2.17 bits per heavy atom. The van der Waals surface area contributed by atoms with E-state index in [2.05, 4.69) is 5.10 Å². The van der Waals surface area contributed by atoms with Crippen LogP contribution < -0.4 is 5.14 Å². The molecule has 0 amide bonds. The van der Waals surface area contributed by atoms with Gasteiger partial charge in [0.15, 0.2) is 5.03 Å². The Labute approximate surface area is 108 Å². The van der Waals surface area contributed by atoms with E-state index >= 15 is 0 Å². The highest BCUT2D eigenvalue weighted by Gasteiger charge is 2.22. The zero-order valence-electron chi connectivity index (χ0n) is 8.91. The van der Waals surface area contributed by atoms with Gasteiger partial charge in [-0.15, -0.1) is 0 Å². The monoisotopic (exact) mass is 282 g/mol. The minimum Gasteiger partial charge on any atom is -0.223 e. The summed E-state index contributed by atoms with van der Waals surface area (Å²) >= 11 is 5.82. The molecule has 0 aliphatic carbocycles. The zero-order chi connectivity index (χ0) is 13.3. The highest BCUT2D eigenvalue weighted by atomic mass is 35.5. The molecule has 0 saturated carbocycles. The van der Waals surface area contributed by atoms with Crippen molar-refractivity contribution in [1.82, 2.24) is 9.78 Å². The quantitative estimate of drug-likeness (QED) is 0.889. The molecule has 0 unspecified atom stereocenters. The number of aromatic nitrogens is 2. The van der Waals surface area contributed by atoms with Crippen LogP contribution in [0.2, 0.25) is 5.02 Å². The van der Waals surface area contributed by atoms with Gasteiger partial charge in [0, 0.05) is 5.02 Å². The van der Waals surface area contributed by atoms with Crippen molar-refractivity contribution in [2.24, 2.45) is 5.14 Å². The number of primary sulfonamides is 1. The normalized spacial score (nSPS) is 11.2. The van der Waals surface area contributed by atoms with Crippen molar-refractivity contribution in [3.05, 3.63) is 41.0 Å². The van der Waals surface area contributed by atoms with Crippen molar-refractivity contribution in [2.75, 3.05) is 0 Å². The molecule has 0 saturated heterocycles. The minimum atomic E-state index is -4.06. The molecule has 6 nitrogen and oxygen atoms in total. The van der Waals surface area contributed by atoms with Crippen LogP contribution in [0.5, 0.6) is 0 Å². The lowest BCUT2D eigenvalue weighted by molar-refractivity contribution is 0.587. The fourth-order valence-corrected chi connectivity index (χ4v) is 2.46. The van der Waals surface area contributed by atoms with Gasteiger partial charge in [0.2, 0.25) is 0 Å². The van der Waals surface area contributed by atoms with E-state index in [1.54, 1.807) is 24.3 Å². The third-order valence-electron chi connectivity index (χ3n) is 2.17. The zero-order valence-corrected chi connectivity index (χ0v) is 10.5. The Bertz CT molecular complexity index is 745. The maximum Gasteiger partial charge on any atom is 0.257 e. The van der Waals surface area contributed by atoms with Gasteiger partial charge in [-0.2, -0.15) is 10.4 Å². The maximum atomic E-state index is 11.5. The van der Waals surface area contributed by atoms with Crippen LogP contribution in [-0.4, -0.2) is 18.2 Å². The summed E-state index contributed by atoms with van der Waals surface area (Å²) in [5, 5.41) is 17.8. The first-order chi connectivity index (χ1) is 8.43. The molecule has 0 atom stereocenters. The number of nitriles is 1. The summed E-state index contributed by atoms with van der Waals surface area (Å²) in [6.07, 6.45) is 1.14. The predicted molar refractivity (Wildman–Crippen MR) is 64.7 cm³/mol. The van der Waals surface area contributed by atoms with Gasteiger partial charge in [0.05, 0.1) is 11.9 Å². The molecule has 0 radical (unpaired) electrons. The van der Waals surface area contributed by atoms with E-state index in [1.165, 1.54) is 6.07 Å². The van der Waals surface area contributed by atoms with Gasteiger partial charge in [0.1, 0.15) is 11.6 Å². The van der Waals surface area contributed by atoms with Crippen LogP contribution in [0.15, 0.2) is 35.5 Å². The molecule has 0 spiro atoms. The van der Waals surface area contributed by atoms with E-state index < -0.39 is 10.0 Å². The molecule has 18 heavy (non-hydrogen) atoms. The number of sulfonamides is 1. The van der Waals surface area contributed by atoms with Crippen molar-refractivity contribution in [1.29, 1.82) is 5.26 Å². The van der Waals surface area contributed by atoms with Gasteiger partial charge in [0.25, 0.3) is 10.0 Å². The van der Waals surface area contributed by atoms with Crippen molar-refractivity contribution in [2.45, 2.75) is 5.03 Å². The molecular weight excluding hydrogens is 276 g/mol. The first-order valence-electron chi connectivity index (χ1n) is 4.70. The number of benzene rings is 1. The van der Waals surface area contributed by atoms with Crippen LogP contribution in [0.4, 0.5) is 0 Å². The third-order valence-corrected chi connectivity index (χ3v) is 3.33. The first kappa shape index (κ1) is 12.6. The predicted octanol–water partition coefficient (Wildman–Crippen LogP) is 1.04. The summed E-state index contributed by atoms with van der Waals surface area (Å²) in [5.41, 5.74) is 0.297. The van der Waals surface area contributed by atoms with Crippen LogP contribution in [0.3, 0.4) is 0 Å². The SMILES string of the molecule is N#Cc1cnn(-c2cccc(Cl)c2)c1S(N)(=O)=O. The highest BCUT2D eigenvalue weighted by molar-refractivity contribution is 7.89. The summed E-state index contributed by atoms with van der Waals surface area (Å²) in [6.45, 7) is 0. The largest absolute Gasteiger partial charge is 0.257 e. The van der Waals surface area contributed by atoms with Gasteiger partial charge in [-0.1, -0.05) is 17.7 Å². The molecule has 8 heteroatoms. The van der Waals surface area contributed by atoms with E-state index in [0.717, 1.165) is 10.9 Å². The van der Waals surface area contributed by atoms with Crippen molar-refractivity contribution < 1.29 is 8.42 Å². The van der Waals surface area contributed by atoms with Crippen molar-refractivity contribution in [3.63, 3.8) is 0 Å². The molecule has 0 aliphatic rings. The molecule has 1 heterocycles. The molecule has 92 valence electrons. The molecule has 0 aliphatic heterocycles. The van der Waals surface area contributed by atoms with Gasteiger partial charge in [-0.25, -0.2) is 18.2 Å². The standard InChI is InChI=1S/C10H7ClN4O2S/c11-8-2-1-3-9(4-8)15-10(18(13,16)17)7(5-12)6-14-15/h1-4,6H,(H2,13,16,17). The summed E-state index contributed by atoms with van der Waals surface area (Å²) < 4.78 is 24.0. The number of rotatable bonds is 2. The van der Waals surface area contributed by atoms with Crippen molar-refractivity contribution in [3.8, 4) is 11.8 Å². The lowest BCUT2D eigenvalue weighted by Crippen LogP contribution is -2.18. The Balaban J connectivity index is 2.75. The molecule has 0 bridgehead atoms. The second-order valence-corrected chi connectivity index (χ2v) is 5.33. The molecule has 0 fully saturated rings. The average molecular weight is 283 g/mol. The van der Waals surface area contributed by atoms with Crippen molar-refractivity contribution >= 4 is 21.6 Å². The first-order valence-corrected chi connectivity index (χ1v) is 6.63. The molecule has 1 aromatic carbocycles. The Kier molecular flexibility index (Phi) is 3.09. The van der Waals surface area contributed by atoms with E-state index in [-0.39, 0.29) is 10.6 Å². The van der Waals surface area contributed by atoms with Crippen LogP contribution in [0.25, 0.3) is 5.69 Å². The number of hydrogen-bond donors (Lipinski definition) is 1. The van der Waals surface area contributed by atoms with Gasteiger partial charge in [-0.3, -0.25) is 0 Å². The number of nitrogens with zero attached hydrogens (tertiary/aromatic N) is 3. The summed E-state index contributed by atoms with van der Waals surface area (Å²) in [6, 6.07) is 8.13. The average Bonchev–Trinajstić information content (AvgIpc) is 2.72. The van der Waals surface area contributed by atoms with E-state index in [1.807, 2.05) is 0 Å². The Morgan fingerprint density at radius 3 is 2.72 bits per heavy atom. The third kappa shape index (κ3) is 2.22. The number of nitrogens with two attached hydrogens (primary N) is 1. The van der Waals surface area contributed by atoms with E-state index in [9.17, 15) is 8.42 Å². The summed E-state index contributed by atoms with van der Waals surface area (Å²) in [7, 11) is -4.06. The number of hydrogen-bond acceptors (Lipinski definition) is 4. The minimum absolute atomic E-state index is 0.113. The summed E-state index contributed by atoms with van der Waals surface area (Å²) in [5.74, 6) is 0. The topological polar surface area (TPSA) is 102 Å². The smallest absolute Gasteiger partial charge is 0.223 e. The van der Waals surface area contributed by atoms with E-state index in [4.69, 9.17) is 22.0 Å². The van der Waals surface area contributed by atoms with Crippen LogP contribution >= 0.6 is 11.6 Å². The molecule has 2 aromatic rings.